The summed E-state index contributed by atoms with van der Waals surface area (Å²) >= 11 is 0. The van der Waals surface area contributed by atoms with Crippen LogP contribution in [0.25, 0.3) is 0 Å². The Balaban J connectivity index is 2.36. The Hall–Kier alpha value is -1.15. The van der Waals surface area contributed by atoms with Gasteiger partial charge in [-0.15, -0.1) is 0 Å². The van der Waals surface area contributed by atoms with Gasteiger partial charge in [-0.05, 0) is 44.7 Å². The molecule has 104 valence electrons. The van der Waals surface area contributed by atoms with Crippen LogP contribution >= 0.6 is 0 Å². The van der Waals surface area contributed by atoms with E-state index in [9.17, 15) is 4.79 Å². The van der Waals surface area contributed by atoms with Crippen LogP contribution in [0.5, 0.6) is 0 Å². The summed E-state index contributed by atoms with van der Waals surface area (Å²) in [6, 6.07) is 5.97. The average Bonchev–Trinajstić information content (AvgIpc) is 2.42. The molecule has 1 fully saturated rings. The predicted molar refractivity (Wildman–Crippen MR) is 77.7 cm³/mol. The molecule has 0 unspecified atom stereocenters. The van der Waals surface area contributed by atoms with Crippen LogP contribution in [-0.2, 0) is 4.74 Å². The molecule has 19 heavy (non-hydrogen) atoms. The van der Waals surface area contributed by atoms with Gasteiger partial charge >= 0.3 is 0 Å². The van der Waals surface area contributed by atoms with Gasteiger partial charge in [-0.2, -0.15) is 0 Å². The predicted octanol–water partition coefficient (Wildman–Crippen LogP) is 4.23. The van der Waals surface area contributed by atoms with Crippen LogP contribution in [0, 0.1) is 13.8 Å². The molecule has 1 aliphatic carbocycles. The third-order valence-electron chi connectivity index (χ3n) is 4.34. The lowest BCUT2D eigenvalue weighted by molar-refractivity contribution is -0.0411. The van der Waals surface area contributed by atoms with Crippen molar-refractivity contribution in [2.75, 3.05) is 6.61 Å². The summed E-state index contributed by atoms with van der Waals surface area (Å²) in [5.41, 5.74) is 2.55. The second-order valence-corrected chi connectivity index (χ2v) is 5.56. The summed E-state index contributed by atoms with van der Waals surface area (Å²) in [4.78, 5) is 13.0. The maximum atomic E-state index is 13.0. The van der Waals surface area contributed by atoms with E-state index in [4.69, 9.17) is 4.74 Å². The Kier molecular flexibility index (Phi) is 4.41. The standard InChI is InChI=1S/C17H24O2/c1-4-19-17(11-6-5-7-12-17)16(18)15-10-8-9-13(2)14(15)3/h8-10H,4-7,11-12H2,1-3H3. The van der Waals surface area contributed by atoms with Crippen LogP contribution in [0.2, 0.25) is 0 Å². The molecule has 2 nitrogen and oxygen atoms in total. The average molecular weight is 260 g/mol. The normalized spacial score (nSPS) is 18.3. The molecule has 0 spiro atoms. The molecule has 0 radical (unpaired) electrons. The molecule has 2 heteroatoms. The monoisotopic (exact) mass is 260 g/mol. The Morgan fingerprint density at radius 3 is 2.53 bits per heavy atom. The lowest BCUT2D eigenvalue weighted by Gasteiger charge is -2.36. The van der Waals surface area contributed by atoms with Crippen molar-refractivity contribution < 1.29 is 9.53 Å². The highest BCUT2D eigenvalue weighted by Gasteiger charge is 2.41. The van der Waals surface area contributed by atoms with Crippen molar-refractivity contribution in [3.8, 4) is 0 Å². The minimum atomic E-state index is -0.564. The second-order valence-electron chi connectivity index (χ2n) is 5.56. The third kappa shape index (κ3) is 2.74. The number of aryl methyl sites for hydroxylation is 1. The van der Waals surface area contributed by atoms with Crippen LogP contribution in [0.15, 0.2) is 18.2 Å². The summed E-state index contributed by atoms with van der Waals surface area (Å²) in [7, 11) is 0. The van der Waals surface area contributed by atoms with Crippen molar-refractivity contribution in [2.45, 2.75) is 58.5 Å². The number of benzene rings is 1. The van der Waals surface area contributed by atoms with Gasteiger partial charge in [0.05, 0.1) is 0 Å². The first-order chi connectivity index (χ1) is 9.10. The van der Waals surface area contributed by atoms with Crippen LogP contribution in [0.3, 0.4) is 0 Å². The Morgan fingerprint density at radius 2 is 1.89 bits per heavy atom. The largest absolute Gasteiger partial charge is 0.367 e. The SMILES string of the molecule is CCOC1(C(=O)c2cccc(C)c2C)CCCCC1. The molecule has 1 aliphatic rings. The quantitative estimate of drug-likeness (QED) is 0.757. The summed E-state index contributed by atoms with van der Waals surface area (Å²) < 4.78 is 5.93. The van der Waals surface area contributed by atoms with Gasteiger partial charge in [-0.25, -0.2) is 0 Å². The van der Waals surface area contributed by atoms with Crippen LogP contribution in [0.1, 0.15) is 60.5 Å². The van der Waals surface area contributed by atoms with Crippen molar-refractivity contribution in [1.29, 1.82) is 0 Å². The molecule has 0 amide bonds. The van der Waals surface area contributed by atoms with Crippen LogP contribution in [0.4, 0.5) is 0 Å². The van der Waals surface area contributed by atoms with E-state index in [0.717, 1.165) is 36.8 Å². The molecular weight excluding hydrogens is 236 g/mol. The molecule has 0 N–H and O–H groups in total. The maximum absolute atomic E-state index is 13.0. The molecular formula is C17H24O2. The number of hydrogen-bond acceptors (Lipinski definition) is 2. The van der Waals surface area contributed by atoms with E-state index in [1.165, 1.54) is 12.0 Å². The van der Waals surface area contributed by atoms with E-state index >= 15 is 0 Å². The number of Topliss-reactive ketones (excluding diaryl/α,β-unsaturated/α-hetero) is 1. The minimum absolute atomic E-state index is 0.190. The molecule has 1 aromatic carbocycles. The van der Waals surface area contributed by atoms with E-state index in [1.54, 1.807) is 0 Å². The van der Waals surface area contributed by atoms with Crippen LogP contribution < -0.4 is 0 Å². The highest BCUT2D eigenvalue weighted by molar-refractivity contribution is 6.03. The fraction of sp³-hybridized carbons (Fsp3) is 0.588. The molecule has 0 heterocycles. The fourth-order valence-electron chi connectivity index (χ4n) is 3.08. The van der Waals surface area contributed by atoms with E-state index in [-0.39, 0.29) is 5.78 Å². The molecule has 1 aromatic rings. The summed E-state index contributed by atoms with van der Waals surface area (Å²) in [6.45, 7) is 6.68. The summed E-state index contributed by atoms with van der Waals surface area (Å²) in [5.74, 6) is 0.190. The molecule has 0 aromatic heterocycles. The highest BCUT2D eigenvalue weighted by atomic mass is 16.5. The number of rotatable bonds is 4. The topological polar surface area (TPSA) is 26.3 Å². The minimum Gasteiger partial charge on any atom is -0.367 e. The Bertz CT molecular complexity index is 451. The molecule has 0 saturated heterocycles. The maximum Gasteiger partial charge on any atom is 0.194 e. The second kappa shape index (κ2) is 5.87. The Morgan fingerprint density at radius 1 is 1.21 bits per heavy atom. The summed E-state index contributed by atoms with van der Waals surface area (Å²) in [5, 5.41) is 0. The van der Waals surface area contributed by atoms with Gasteiger partial charge in [0.15, 0.2) is 5.78 Å². The van der Waals surface area contributed by atoms with E-state index in [2.05, 4.69) is 13.0 Å². The van der Waals surface area contributed by atoms with Gasteiger partial charge in [0.25, 0.3) is 0 Å². The van der Waals surface area contributed by atoms with Gasteiger partial charge in [0.1, 0.15) is 5.60 Å². The summed E-state index contributed by atoms with van der Waals surface area (Å²) in [6.07, 6.45) is 5.14. The van der Waals surface area contributed by atoms with Gasteiger partial charge in [0, 0.05) is 12.2 Å². The lowest BCUT2D eigenvalue weighted by Crippen LogP contribution is -2.43. The van der Waals surface area contributed by atoms with Crippen molar-refractivity contribution in [2.24, 2.45) is 0 Å². The Labute approximate surface area is 116 Å². The molecule has 0 atom stereocenters. The van der Waals surface area contributed by atoms with E-state index < -0.39 is 5.60 Å². The fourth-order valence-corrected chi connectivity index (χ4v) is 3.08. The first-order valence-corrected chi connectivity index (χ1v) is 7.36. The number of carbonyl (C=O) groups excluding carboxylic acids is 1. The first-order valence-electron chi connectivity index (χ1n) is 7.36. The van der Waals surface area contributed by atoms with E-state index in [1.807, 2.05) is 26.0 Å². The zero-order chi connectivity index (χ0) is 13.9. The third-order valence-corrected chi connectivity index (χ3v) is 4.34. The first kappa shape index (κ1) is 14.3. The molecule has 2 rings (SSSR count). The smallest absolute Gasteiger partial charge is 0.194 e. The van der Waals surface area contributed by atoms with Gasteiger partial charge in [-0.1, -0.05) is 37.5 Å². The zero-order valence-corrected chi connectivity index (χ0v) is 12.3. The van der Waals surface area contributed by atoms with E-state index in [0.29, 0.717) is 6.61 Å². The van der Waals surface area contributed by atoms with Crippen molar-refractivity contribution in [3.63, 3.8) is 0 Å². The van der Waals surface area contributed by atoms with Gasteiger partial charge in [-0.3, -0.25) is 4.79 Å². The number of ketones is 1. The van der Waals surface area contributed by atoms with Gasteiger partial charge < -0.3 is 4.74 Å². The zero-order valence-electron chi connectivity index (χ0n) is 12.3. The van der Waals surface area contributed by atoms with Crippen LogP contribution in [-0.4, -0.2) is 18.0 Å². The van der Waals surface area contributed by atoms with Crippen molar-refractivity contribution >= 4 is 5.78 Å². The molecule has 0 aliphatic heterocycles. The molecule has 0 bridgehead atoms. The molecule has 1 saturated carbocycles. The van der Waals surface area contributed by atoms with Crippen molar-refractivity contribution in [1.82, 2.24) is 0 Å². The van der Waals surface area contributed by atoms with Crippen molar-refractivity contribution in [3.05, 3.63) is 34.9 Å². The lowest BCUT2D eigenvalue weighted by atomic mass is 9.78. The number of hydrogen-bond donors (Lipinski definition) is 0. The number of carbonyl (C=O) groups is 1. The highest BCUT2D eigenvalue weighted by Crippen LogP contribution is 2.35. The number of ether oxygens (including phenoxy) is 1. The van der Waals surface area contributed by atoms with Gasteiger partial charge in [0.2, 0.25) is 0 Å².